The van der Waals surface area contributed by atoms with Crippen LogP contribution in [0.4, 0.5) is 5.69 Å². The molecular formula is C10H11Cl2NO2. The van der Waals surface area contributed by atoms with Gasteiger partial charge in [0.2, 0.25) is 0 Å². The molecular weight excluding hydrogens is 237 g/mol. The van der Waals surface area contributed by atoms with Crippen LogP contribution in [0.2, 0.25) is 10.0 Å². The van der Waals surface area contributed by atoms with E-state index in [1.807, 2.05) is 0 Å². The van der Waals surface area contributed by atoms with Gasteiger partial charge >= 0.3 is 5.97 Å². The third-order valence-corrected chi connectivity index (χ3v) is 2.49. The first-order chi connectivity index (χ1) is 7.04. The molecule has 15 heavy (non-hydrogen) atoms. The topological polar surface area (TPSA) is 52.3 Å². The second-order valence-electron chi connectivity index (χ2n) is 2.95. The molecule has 0 radical (unpaired) electrons. The predicted octanol–water partition coefficient (Wildman–Crippen LogP) is 2.68. The zero-order valence-electron chi connectivity index (χ0n) is 8.22. The molecule has 0 saturated carbocycles. The summed E-state index contributed by atoms with van der Waals surface area (Å²) < 4.78 is 4.80. The molecule has 82 valence electrons. The van der Waals surface area contributed by atoms with Crippen LogP contribution in [0.5, 0.6) is 0 Å². The summed E-state index contributed by atoms with van der Waals surface area (Å²) in [7, 11) is 0. The number of nitrogen functional groups attached to an aromatic ring is 1. The lowest BCUT2D eigenvalue weighted by Crippen LogP contribution is -2.08. The van der Waals surface area contributed by atoms with Crippen LogP contribution in [0.1, 0.15) is 12.5 Å². The first-order valence-electron chi connectivity index (χ1n) is 4.43. The van der Waals surface area contributed by atoms with Gasteiger partial charge < -0.3 is 10.5 Å². The van der Waals surface area contributed by atoms with Gasteiger partial charge in [0.1, 0.15) is 0 Å². The molecule has 0 aromatic heterocycles. The Morgan fingerprint density at radius 1 is 1.40 bits per heavy atom. The van der Waals surface area contributed by atoms with Crippen molar-refractivity contribution in [3.05, 3.63) is 27.7 Å². The molecule has 1 aromatic carbocycles. The maximum Gasteiger partial charge on any atom is 0.310 e. The summed E-state index contributed by atoms with van der Waals surface area (Å²) in [5.74, 6) is -0.332. The van der Waals surface area contributed by atoms with Crippen molar-refractivity contribution in [2.24, 2.45) is 0 Å². The van der Waals surface area contributed by atoms with E-state index in [1.54, 1.807) is 13.0 Å². The molecule has 5 heteroatoms. The zero-order valence-corrected chi connectivity index (χ0v) is 9.73. The smallest absolute Gasteiger partial charge is 0.310 e. The number of halogens is 2. The van der Waals surface area contributed by atoms with Crippen molar-refractivity contribution in [2.45, 2.75) is 13.3 Å². The van der Waals surface area contributed by atoms with Gasteiger partial charge in [0.05, 0.1) is 23.7 Å². The third-order valence-electron chi connectivity index (χ3n) is 1.81. The van der Waals surface area contributed by atoms with E-state index in [4.69, 9.17) is 33.7 Å². The van der Waals surface area contributed by atoms with Crippen LogP contribution in [0.15, 0.2) is 12.1 Å². The average molecular weight is 248 g/mol. The Kier molecular flexibility index (Phi) is 4.24. The molecule has 2 N–H and O–H groups in total. The summed E-state index contributed by atoms with van der Waals surface area (Å²) in [5.41, 5.74) is 6.62. The van der Waals surface area contributed by atoms with Crippen molar-refractivity contribution in [3.8, 4) is 0 Å². The lowest BCUT2D eigenvalue weighted by molar-refractivity contribution is -0.142. The minimum atomic E-state index is -0.332. The Balaban J connectivity index is 2.86. The fraction of sp³-hybridized carbons (Fsp3) is 0.300. The number of rotatable bonds is 3. The standard InChI is InChI=1S/C10H11Cl2NO2/c1-2-15-10(14)4-6-3-9(13)8(12)5-7(6)11/h3,5H,2,4,13H2,1H3. The molecule has 0 aliphatic rings. The summed E-state index contributed by atoms with van der Waals surface area (Å²) in [6.45, 7) is 2.09. The van der Waals surface area contributed by atoms with E-state index in [0.717, 1.165) is 0 Å². The van der Waals surface area contributed by atoms with Gasteiger partial charge in [-0.25, -0.2) is 0 Å². The van der Waals surface area contributed by atoms with E-state index in [-0.39, 0.29) is 12.4 Å². The van der Waals surface area contributed by atoms with Crippen molar-refractivity contribution in [3.63, 3.8) is 0 Å². The van der Waals surface area contributed by atoms with Crippen LogP contribution >= 0.6 is 23.2 Å². The number of carbonyl (C=O) groups excluding carboxylic acids is 1. The Hall–Kier alpha value is -0.930. The molecule has 0 heterocycles. The fourth-order valence-corrected chi connectivity index (χ4v) is 1.57. The number of carbonyl (C=O) groups is 1. The first kappa shape index (κ1) is 12.1. The molecule has 0 bridgehead atoms. The molecule has 0 aliphatic carbocycles. The fourth-order valence-electron chi connectivity index (χ4n) is 1.12. The minimum Gasteiger partial charge on any atom is -0.466 e. The highest BCUT2D eigenvalue weighted by Gasteiger charge is 2.10. The van der Waals surface area contributed by atoms with Crippen molar-refractivity contribution in [1.29, 1.82) is 0 Å². The van der Waals surface area contributed by atoms with Crippen molar-refractivity contribution in [1.82, 2.24) is 0 Å². The van der Waals surface area contributed by atoms with Crippen molar-refractivity contribution < 1.29 is 9.53 Å². The van der Waals surface area contributed by atoms with E-state index in [2.05, 4.69) is 0 Å². The van der Waals surface area contributed by atoms with Crippen LogP contribution in [-0.2, 0) is 16.0 Å². The van der Waals surface area contributed by atoms with Crippen LogP contribution in [-0.4, -0.2) is 12.6 Å². The lowest BCUT2D eigenvalue weighted by Gasteiger charge is -2.06. The van der Waals surface area contributed by atoms with E-state index < -0.39 is 0 Å². The second-order valence-corrected chi connectivity index (χ2v) is 3.76. The van der Waals surface area contributed by atoms with Gasteiger partial charge in [0.25, 0.3) is 0 Å². The molecule has 0 saturated heterocycles. The number of hydrogen-bond donors (Lipinski definition) is 1. The molecule has 0 atom stereocenters. The average Bonchev–Trinajstić information content (AvgIpc) is 2.14. The molecule has 0 amide bonds. The highest BCUT2D eigenvalue weighted by atomic mass is 35.5. The summed E-state index contributed by atoms with van der Waals surface area (Å²) in [5, 5.41) is 0.801. The van der Waals surface area contributed by atoms with Gasteiger partial charge in [0, 0.05) is 5.02 Å². The highest BCUT2D eigenvalue weighted by molar-refractivity contribution is 6.36. The van der Waals surface area contributed by atoms with Gasteiger partial charge in [-0.2, -0.15) is 0 Å². The molecule has 0 aliphatic heterocycles. The minimum absolute atomic E-state index is 0.105. The number of nitrogens with two attached hydrogens (primary N) is 1. The van der Waals surface area contributed by atoms with Crippen LogP contribution in [0.3, 0.4) is 0 Å². The van der Waals surface area contributed by atoms with Gasteiger partial charge in [-0.15, -0.1) is 0 Å². The molecule has 0 unspecified atom stereocenters. The first-order valence-corrected chi connectivity index (χ1v) is 5.19. The van der Waals surface area contributed by atoms with E-state index in [0.29, 0.717) is 27.9 Å². The molecule has 3 nitrogen and oxygen atoms in total. The normalized spacial score (nSPS) is 10.1. The zero-order chi connectivity index (χ0) is 11.4. The third kappa shape index (κ3) is 3.29. The quantitative estimate of drug-likeness (QED) is 0.660. The number of hydrogen-bond acceptors (Lipinski definition) is 3. The molecule has 0 fully saturated rings. The maximum absolute atomic E-state index is 11.2. The van der Waals surface area contributed by atoms with Gasteiger partial charge in [-0.1, -0.05) is 23.2 Å². The van der Waals surface area contributed by atoms with Crippen molar-refractivity contribution >= 4 is 34.9 Å². The largest absolute Gasteiger partial charge is 0.466 e. The molecule has 1 rings (SSSR count). The Labute approximate surface area is 98.1 Å². The van der Waals surface area contributed by atoms with Gasteiger partial charge in [0.15, 0.2) is 0 Å². The molecule has 0 spiro atoms. The van der Waals surface area contributed by atoms with E-state index in [9.17, 15) is 4.79 Å². The van der Waals surface area contributed by atoms with Crippen LogP contribution < -0.4 is 5.73 Å². The van der Waals surface area contributed by atoms with Crippen molar-refractivity contribution in [2.75, 3.05) is 12.3 Å². The summed E-state index contributed by atoms with van der Waals surface area (Å²) in [4.78, 5) is 11.2. The highest BCUT2D eigenvalue weighted by Crippen LogP contribution is 2.27. The number of esters is 1. The van der Waals surface area contributed by atoms with Crippen LogP contribution in [0.25, 0.3) is 0 Å². The SMILES string of the molecule is CCOC(=O)Cc1cc(N)c(Cl)cc1Cl. The maximum atomic E-state index is 11.2. The van der Waals surface area contributed by atoms with E-state index >= 15 is 0 Å². The van der Waals surface area contributed by atoms with Gasteiger partial charge in [-0.3, -0.25) is 4.79 Å². The summed E-state index contributed by atoms with van der Waals surface area (Å²) >= 11 is 11.7. The Morgan fingerprint density at radius 2 is 2.07 bits per heavy atom. The number of anilines is 1. The van der Waals surface area contributed by atoms with E-state index in [1.165, 1.54) is 6.07 Å². The van der Waals surface area contributed by atoms with Crippen LogP contribution in [0, 0.1) is 0 Å². The number of benzene rings is 1. The molecule has 1 aromatic rings. The lowest BCUT2D eigenvalue weighted by atomic mass is 10.1. The Bertz CT molecular complexity index is 380. The summed E-state index contributed by atoms with van der Waals surface area (Å²) in [6, 6.07) is 3.11. The van der Waals surface area contributed by atoms with Gasteiger partial charge in [-0.05, 0) is 24.6 Å². The predicted molar refractivity (Wildman–Crippen MR) is 61.2 cm³/mol. The summed E-state index contributed by atoms with van der Waals surface area (Å²) in [6.07, 6.45) is 0.105. The monoisotopic (exact) mass is 247 g/mol. The Morgan fingerprint density at radius 3 is 2.67 bits per heavy atom. The second kappa shape index (κ2) is 5.24. The number of ether oxygens (including phenoxy) is 1.